The fraction of sp³-hybridized carbons (Fsp3) is 0.318. The van der Waals surface area contributed by atoms with Crippen LogP contribution in [-0.2, 0) is 16.0 Å². The highest BCUT2D eigenvalue weighted by atomic mass is 16.5. The molecule has 0 saturated heterocycles. The summed E-state index contributed by atoms with van der Waals surface area (Å²) in [5.41, 5.74) is 3.21. The zero-order chi connectivity index (χ0) is 19.2. The number of rotatable bonds is 4. The molecule has 0 spiro atoms. The van der Waals surface area contributed by atoms with E-state index in [0.29, 0.717) is 18.1 Å². The van der Waals surface area contributed by atoms with Crippen LogP contribution in [-0.4, -0.2) is 33.3 Å². The lowest BCUT2D eigenvalue weighted by Crippen LogP contribution is -2.35. The van der Waals surface area contributed by atoms with Gasteiger partial charge in [-0.1, -0.05) is 24.1 Å². The minimum atomic E-state index is -0.516. The third-order valence-electron chi connectivity index (χ3n) is 4.55. The largest absolute Gasteiger partial charge is 0.493 e. The van der Waals surface area contributed by atoms with E-state index in [0.717, 1.165) is 29.8 Å². The molecule has 5 heteroatoms. The number of hydrogen-bond donors (Lipinski definition) is 0. The molecule has 1 heterocycles. The van der Waals surface area contributed by atoms with Crippen LogP contribution in [0.3, 0.4) is 0 Å². The number of fused-ring (bicyclic) bond motifs is 1. The number of hydrogen-bond acceptors (Lipinski definition) is 5. The van der Waals surface area contributed by atoms with E-state index in [4.69, 9.17) is 14.2 Å². The standard InChI is InChI=1S/C22H23NO4/c1-4-27-22(24)11-10-19-18-15-21(26-3)20(25-2)14-16(18)12-13-23(19)17-8-6-5-7-9-17/h5-9,14-15,19H,4,12-13H2,1-3H3. The number of carbonyl (C=O) groups excluding carboxylic acids is 1. The van der Waals surface area contributed by atoms with Gasteiger partial charge in [0.15, 0.2) is 11.5 Å². The summed E-state index contributed by atoms with van der Waals surface area (Å²) in [7, 11) is 3.24. The number of methoxy groups -OCH3 is 2. The van der Waals surface area contributed by atoms with E-state index in [1.807, 2.05) is 42.5 Å². The van der Waals surface area contributed by atoms with Crippen molar-refractivity contribution in [2.75, 3.05) is 32.3 Å². The molecule has 1 unspecified atom stereocenters. The van der Waals surface area contributed by atoms with Gasteiger partial charge in [0.05, 0.1) is 20.8 Å². The first-order valence-corrected chi connectivity index (χ1v) is 8.92. The molecule has 0 saturated carbocycles. The van der Waals surface area contributed by atoms with Crippen molar-refractivity contribution in [3.8, 4) is 23.3 Å². The predicted molar refractivity (Wildman–Crippen MR) is 104 cm³/mol. The van der Waals surface area contributed by atoms with Crippen LogP contribution in [0.25, 0.3) is 0 Å². The monoisotopic (exact) mass is 365 g/mol. The van der Waals surface area contributed by atoms with Crippen molar-refractivity contribution in [3.63, 3.8) is 0 Å². The van der Waals surface area contributed by atoms with Crippen LogP contribution in [0.15, 0.2) is 42.5 Å². The zero-order valence-electron chi connectivity index (χ0n) is 15.8. The molecule has 5 nitrogen and oxygen atoms in total. The molecule has 3 rings (SSSR count). The lowest BCUT2D eigenvalue weighted by atomic mass is 9.91. The third-order valence-corrected chi connectivity index (χ3v) is 4.55. The van der Waals surface area contributed by atoms with E-state index in [-0.39, 0.29) is 6.04 Å². The van der Waals surface area contributed by atoms with Crippen molar-refractivity contribution in [2.24, 2.45) is 0 Å². The Kier molecular flexibility index (Phi) is 5.87. The fourth-order valence-electron chi connectivity index (χ4n) is 3.29. The predicted octanol–water partition coefficient (Wildman–Crippen LogP) is 3.37. The lowest BCUT2D eigenvalue weighted by Gasteiger charge is -2.36. The minimum absolute atomic E-state index is 0.277. The van der Waals surface area contributed by atoms with Crippen LogP contribution in [0.1, 0.15) is 24.1 Å². The summed E-state index contributed by atoms with van der Waals surface area (Å²) in [6.45, 7) is 2.86. The van der Waals surface area contributed by atoms with Gasteiger partial charge in [-0.05, 0) is 48.7 Å². The van der Waals surface area contributed by atoms with Gasteiger partial charge in [-0.2, -0.15) is 0 Å². The summed E-state index contributed by atoms with van der Waals surface area (Å²) in [6.07, 6.45) is 0.849. The second-order valence-corrected chi connectivity index (χ2v) is 6.08. The Bertz CT molecular complexity index is 867. The summed E-state index contributed by atoms with van der Waals surface area (Å²) in [5.74, 6) is 6.57. The van der Waals surface area contributed by atoms with Gasteiger partial charge in [0, 0.05) is 18.2 Å². The molecule has 140 valence electrons. The van der Waals surface area contributed by atoms with E-state index < -0.39 is 5.97 Å². The van der Waals surface area contributed by atoms with Gasteiger partial charge in [0.1, 0.15) is 6.04 Å². The first-order chi connectivity index (χ1) is 13.2. The van der Waals surface area contributed by atoms with Crippen molar-refractivity contribution >= 4 is 11.7 Å². The second kappa shape index (κ2) is 8.50. The maximum Gasteiger partial charge on any atom is 0.384 e. The maximum atomic E-state index is 11.8. The summed E-state index contributed by atoms with van der Waals surface area (Å²) < 4.78 is 15.9. The Hall–Kier alpha value is -3.13. The van der Waals surface area contributed by atoms with E-state index >= 15 is 0 Å². The summed E-state index contributed by atoms with van der Waals surface area (Å²) in [6, 6.07) is 13.7. The Morgan fingerprint density at radius 3 is 2.52 bits per heavy atom. The molecule has 0 bridgehead atoms. The van der Waals surface area contributed by atoms with Crippen LogP contribution in [0, 0.1) is 11.8 Å². The molecule has 1 aliphatic heterocycles. The van der Waals surface area contributed by atoms with E-state index in [1.165, 1.54) is 0 Å². The van der Waals surface area contributed by atoms with Gasteiger partial charge in [-0.3, -0.25) is 0 Å². The van der Waals surface area contributed by atoms with E-state index in [2.05, 4.69) is 16.7 Å². The highest BCUT2D eigenvalue weighted by Crippen LogP contribution is 2.39. The van der Waals surface area contributed by atoms with Gasteiger partial charge in [0.2, 0.25) is 0 Å². The Morgan fingerprint density at radius 1 is 1.15 bits per heavy atom. The van der Waals surface area contributed by atoms with Crippen molar-refractivity contribution in [3.05, 3.63) is 53.6 Å². The molecular weight excluding hydrogens is 342 g/mol. The van der Waals surface area contributed by atoms with Gasteiger partial charge in [-0.25, -0.2) is 4.79 Å². The van der Waals surface area contributed by atoms with Crippen molar-refractivity contribution < 1.29 is 19.0 Å². The number of carbonyl (C=O) groups is 1. The zero-order valence-corrected chi connectivity index (χ0v) is 15.8. The summed E-state index contributed by atoms with van der Waals surface area (Å²) in [5, 5.41) is 0. The summed E-state index contributed by atoms with van der Waals surface area (Å²) >= 11 is 0. The molecule has 27 heavy (non-hydrogen) atoms. The van der Waals surface area contributed by atoms with Gasteiger partial charge in [0.25, 0.3) is 0 Å². The number of ether oxygens (including phenoxy) is 3. The number of nitrogens with zero attached hydrogens (tertiary/aromatic N) is 1. The Balaban J connectivity index is 2.07. The number of benzene rings is 2. The average Bonchev–Trinajstić information content (AvgIpc) is 2.71. The van der Waals surface area contributed by atoms with E-state index in [1.54, 1.807) is 21.1 Å². The molecular formula is C22H23NO4. The normalized spacial score (nSPS) is 15.2. The number of esters is 1. The quantitative estimate of drug-likeness (QED) is 0.472. The molecule has 0 N–H and O–H groups in total. The van der Waals surface area contributed by atoms with Crippen molar-refractivity contribution in [1.82, 2.24) is 0 Å². The smallest absolute Gasteiger partial charge is 0.384 e. The lowest BCUT2D eigenvalue weighted by molar-refractivity contribution is -0.136. The van der Waals surface area contributed by atoms with Gasteiger partial charge < -0.3 is 19.1 Å². The average molecular weight is 365 g/mol. The fourth-order valence-corrected chi connectivity index (χ4v) is 3.29. The molecule has 0 aromatic heterocycles. The molecule has 2 aromatic carbocycles. The number of anilines is 1. The molecule has 0 amide bonds. The van der Waals surface area contributed by atoms with Crippen LogP contribution < -0.4 is 14.4 Å². The number of para-hydroxylation sites is 1. The third kappa shape index (κ3) is 4.01. The molecule has 0 fully saturated rings. The van der Waals surface area contributed by atoms with Gasteiger partial charge >= 0.3 is 5.97 Å². The van der Waals surface area contributed by atoms with Crippen LogP contribution in [0.2, 0.25) is 0 Å². The highest BCUT2D eigenvalue weighted by molar-refractivity contribution is 5.88. The van der Waals surface area contributed by atoms with Crippen molar-refractivity contribution in [2.45, 2.75) is 19.4 Å². The summed E-state index contributed by atoms with van der Waals surface area (Å²) in [4.78, 5) is 14.0. The SMILES string of the molecule is CCOC(=O)C#CC1c2cc(OC)c(OC)cc2CCN1c1ccccc1. The van der Waals surface area contributed by atoms with Crippen LogP contribution >= 0.6 is 0 Å². The first-order valence-electron chi connectivity index (χ1n) is 8.92. The minimum Gasteiger partial charge on any atom is -0.493 e. The highest BCUT2D eigenvalue weighted by Gasteiger charge is 2.28. The van der Waals surface area contributed by atoms with Gasteiger partial charge in [-0.15, -0.1) is 0 Å². The first kappa shape index (κ1) is 18.7. The molecule has 1 atom stereocenters. The van der Waals surface area contributed by atoms with Crippen LogP contribution in [0.5, 0.6) is 11.5 Å². The molecule has 0 radical (unpaired) electrons. The van der Waals surface area contributed by atoms with Crippen molar-refractivity contribution in [1.29, 1.82) is 0 Å². The topological polar surface area (TPSA) is 48.0 Å². The van der Waals surface area contributed by atoms with Crippen LogP contribution in [0.4, 0.5) is 5.69 Å². The molecule has 2 aromatic rings. The Labute approximate surface area is 159 Å². The van der Waals surface area contributed by atoms with E-state index in [9.17, 15) is 4.79 Å². The molecule has 0 aliphatic carbocycles. The Morgan fingerprint density at radius 2 is 1.85 bits per heavy atom. The molecule has 1 aliphatic rings. The second-order valence-electron chi connectivity index (χ2n) is 6.08. The maximum absolute atomic E-state index is 11.8.